The Labute approximate surface area is 110 Å². The van der Waals surface area contributed by atoms with Gasteiger partial charge in [0.2, 0.25) is 0 Å². The van der Waals surface area contributed by atoms with Crippen LogP contribution in [0.5, 0.6) is 11.5 Å². The van der Waals surface area contributed by atoms with Crippen LogP contribution in [-0.2, 0) is 0 Å². The summed E-state index contributed by atoms with van der Waals surface area (Å²) >= 11 is 3.42. The van der Waals surface area contributed by atoms with Crippen LogP contribution < -0.4 is 15.2 Å². The Hall–Kier alpha value is -1.18. The summed E-state index contributed by atoms with van der Waals surface area (Å²) < 4.78 is 11.3. The minimum absolute atomic E-state index is 0.530. The first-order chi connectivity index (χ1) is 7.89. The van der Waals surface area contributed by atoms with E-state index in [0.717, 1.165) is 10.0 Å². The minimum atomic E-state index is -0.530. The standard InChI is InChI=1S/C13H16BrNO2/c1-13(2,15)8-7-9-5-6-10(16-3)11(14)12(9)17-4/h5-6H,15H2,1-4H3. The second-order valence-corrected chi connectivity index (χ2v) is 4.93. The van der Waals surface area contributed by atoms with Gasteiger partial charge in [0.25, 0.3) is 0 Å². The second-order valence-electron chi connectivity index (χ2n) is 4.13. The van der Waals surface area contributed by atoms with E-state index < -0.39 is 5.54 Å². The molecule has 4 heteroatoms. The predicted molar refractivity (Wildman–Crippen MR) is 72.4 cm³/mol. The van der Waals surface area contributed by atoms with Crippen LogP contribution in [0.25, 0.3) is 0 Å². The van der Waals surface area contributed by atoms with E-state index >= 15 is 0 Å². The van der Waals surface area contributed by atoms with E-state index in [9.17, 15) is 0 Å². The molecule has 1 rings (SSSR count). The fraction of sp³-hybridized carbons (Fsp3) is 0.385. The molecule has 17 heavy (non-hydrogen) atoms. The Bertz CT molecular complexity index is 467. The molecule has 0 saturated heterocycles. The van der Waals surface area contributed by atoms with Crippen molar-refractivity contribution in [1.29, 1.82) is 0 Å². The Kier molecular flexibility index (Phi) is 4.44. The second kappa shape index (κ2) is 5.44. The van der Waals surface area contributed by atoms with Gasteiger partial charge in [-0.1, -0.05) is 11.8 Å². The van der Waals surface area contributed by atoms with Gasteiger partial charge in [-0.15, -0.1) is 0 Å². The Morgan fingerprint density at radius 3 is 2.35 bits per heavy atom. The van der Waals surface area contributed by atoms with E-state index in [1.807, 2.05) is 26.0 Å². The topological polar surface area (TPSA) is 44.5 Å². The fourth-order valence-corrected chi connectivity index (χ4v) is 1.89. The van der Waals surface area contributed by atoms with Crippen LogP contribution in [0.2, 0.25) is 0 Å². The summed E-state index contributed by atoms with van der Waals surface area (Å²) in [5, 5.41) is 0. The lowest BCUT2D eigenvalue weighted by atomic mass is 10.1. The van der Waals surface area contributed by atoms with Gasteiger partial charge in [-0.3, -0.25) is 0 Å². The van der Waals surface area contributed by atoms with Gasteiger partial charge >= 0.3 is 0 Å². The molecule has 2 N–H and O–H groups in total. The Morgan fingerprint density at radius 2 is 1.88 bits per heavy atom. The number of benzene rings is 1. The van der Waals surface area contributed by atoms with E-state index in [1.165, 1.54) is 0 Å². The molecule has 0 amide bonds. The molecule has 0 heterocycles. The highest BCUT2D eigenvalue weighted by Crippen LogP contribution is 2.36. The number of hydrogen-bond acceptors (Lipinski definition) is 3. The number of halogens is 1. The molecular weight excluding hydrogens is 282 g/mol. The van der Waals surface area contributed by atoms with Crippen molar-refractivity contribution in [3.8, 4) is 23.3 Å². The summed E-state index contributed by atoms with van der Waals surface area (Å²) in [5.41, 5.74) is 6.06. The van der Waals surface area contributed by atoms with Gasteiger partial charge in [-0.25, -0.2) is 0 Å². The summed E-state index contributed by atoms with van der Waals surface area (Å²) in [7, 11) is 3.20. The van der Waals surface area contributed by atoms with Gasteiger partial charge in [0, 0.05) is 0 Å². The number of nitrogens with two attached hydrogens (primary N) is 1. The highest BCUT2D eigenvalue weighted by molar-refractivity contribution is 9.10. The van der Waals surface area contributed by atoms with Crippen LogP contribution >= 0.6 is 15.9 Å². The lowest BCUT2D eigenvalue weighted by molar-refractivity contribution is 0.389. The first kappa shape index (κ1) is 13.9. The van der Waals surface area contributed by atoms with Crippen molar-refractivity contribution >= 4 is 15.9 Å². The van der Waals surface area contributed by atoms with Gasteiger partial charge < -0.3 is 15.2 Å². The van der Waals surface area contributed by atoms with Crippen molar-refractivity contribution in [3.63, 3.8) is 0 Å². The maximum Gasteiger partial charge on any atom is 0.152 e. The van der Waals surface area contributed by atoms with Crippen molar-refractivity contribution in [2.45, 2.75) is 19.4 Å². The van der Waals surface area contributed by atoms with Crippen molar-refractivity contribution in [1.82, 2.24) is 0 Å². The minimum Gasteiger partial charge on any atom is -0.495 e. The summed E-state index contributed by atoms with van der Waals surface area (Å²) in [4.78, 5) is 0. The van der Waals surface area contributed by atoms with Crippen molar-refractivity contribution in [3.05, 3.63) is 22.2 Å². The highest BCUT2D eigenvalue weighted by Gasteiger charge is 2.12. The largest absolute Gasteiger partial charge is 0.495 e. The first-order valence-corrected chi connectivity index (χ1v) is 5.91. The highest BCUT2D eigenvalue weighted by atomic mass is 79.9. The van der Waals surface area contributed by atoms with Gasteiger partial charge in [0.15, 0.2) is 5.75 Å². The van der Waals surface area contributed by atoms with Crippen LogP contribution in [0.3, 0.4) is 0 Å². The number of ether oxygens (including phenoxy) is 2. The molecule has 3 nitrogen and oxygen atoms in total. The van der Waals surface area contributed by atoms with Gasteiger partial charge in [-0.05, 0) is 41.9 Å². The van der Waals surface area contributed by atoms with Gasteiger partial charge in [0.1, 0.15) is 10.2 Å². The van der Waals surface area contributed by atoms with Crippen LogP contribution in [0, 0.1) is 11.8 Å². The van der Waals surface area contributed by atoms with E-state index in [-0.39, 0.29) is 0 Å². The summed E-state index contributed by atoms with van der Waals surface area (Å²) in [6.07, 6.45) is 0. The monoisotopic (exact) mass is 297 g/mol. The van der Waals surface area contributed by atoms with Crippen LogP contribution in [0.4, 0.5) is 0 Å². The lowest BCUT2D eigenvalue weighted by Crippen LogP contribution is -2.29. The molecule has 0 fully saturated rings. The fourth-order valence-electron chi connectivity index (χ4n) is 1.22. The summed E-state index contributed by atoms with van der Waals surface area (Å²) in [6.45, 7) is 3.70. The van der Waals surface area contributed by atoms with Crippen molar-refractivity contribution < 1.29 is 9.47 Å². The van der Waals surface area contributed by atoms with Crippen LogP contribution in [-0.4, -0.2) is 19.8 Å². The van der Waals surface area contributed by atoms with E-state index in [0.29, 0.717) is 11.5 Å². The molecule has 0 unspecified atom stereocenters. The Balaban J connectivity index is 3.25. The van der Waals surface area contributed by atoms with Crippen LogP contribution in [0.1, 0.15) is 19.4 Å². The molecule has 0 radical (unpaired) electrons. The molecule has 0 atom stereocenters. The average Bonchev–Trinajstić information content (AvgIpc) is 2.25. The maximum absolute atomic E-state index is 5.82. The zero-order valence-electron chi connectivity index (χ0n) is 10.4. The molecule has 0 spiro atoms. The molecular formula is C13H16BrNO2. The molecule has 0 saturated carbocycles. The lowest BCUT2D eigenvalue weighted by Gasteiger charge is -2.11. The SMILES string of the molecule is COc1ccc(C#CC(C)(C)N)c(OC)c1Br. The number of rotatable bonds is 2. The first-order valence-electron chi connectivity index (χ1n) is 5.11. The Morgan fingerprint density at radius 1 is 1.24 bits per heavy atom. The van der Waals surface area contributed by atoms with Gasteiger partial charge in [-0.2, -0.15) is 0 Å². The third-order valence-corrected chi connectivity index (χ3v) is 2.76. The molecule has 92 valence electrons. The zero-order valence-corrected chi connectivity index (χ0v) is 12.0. The predicted octanol–water partition coefficient (Wildman–Crippen LogP) is 2.56. The molecule has 0 aromatic heterocycles. The quantitative estimate of drug-likeness (QED) is 0.853. The smallest absolute Gasteiger partial charge is 0.152 e. The summed E-state index contributed by atoms with van der Waals surface area (Å²) in [6, 6.07) is 3.68. The average molecular weight is 298 g/mol. The van der Waals surface area contributed by atoms with Crippen molar-refractivity contribution in [2.24, 2.45) is 5.73 Å². The zero-order chi connectivity index (χ0) is 13.1. The van der Waals surface area contributed by atoms with Crippen LogP contribution in [0.15, 0.2) is 16.6 Å². The summed E-state index contributed by atoms with van der Waals surface area (Å²) in [5.74, 6) is 7.34. The number of hydrogen-bond donors (Lipinski definition) is 1. The van der Waals surface area contributed by atoms with Crippen molar-refractivity contribution in [2.75, 3.05) is 14.2 Å². The molecule has 0 aliphatic carbocycles. The maximum atomic E-state index is 5.82. The van der Waals surface area contributed by atoms with E-state index in [2.05, 4.69) is 27.8 Å². The third-order valence-electron chi connectivity index (χ3n) is 2.01. The van der Waals surface area contributed by atoms with E-state index in [1.54, 1.807) is 14.2 Å². The number of methoxy groups -OCH3 is 2. The normalized spacial score (nSPS) is 10.5. The third kappa shape index (κ3) is 3.65. The molecule has 0 aliphatic heterocycles. The van der Waals surface area contributed by atoms with E-state index in [4.69, 9.17) is 15.2 Å². The molecule has 0 bridgehead atoms. The van der Waals surface area contributed by atoms with Gasteiger partial charge in [0.05, 0.1) is 25.3 Å². The molecule has 1 aromatic rings. The molecule has 0 aliphatic rings. The molecule has 1 aromatic carbocycles.